The van der Waals surface area contributed by atoms with Crippen molar-refractivity contribution in [2.24, 2.45) is 34.5 Å². The average molecular weight is 415 g/mol. The number of hydrogen-bond acceptors (Lipinski definition) is 4. The van der Waals surface area contributed by atoms with Gasteiger partial charge in [0.25, 0.3) is 0 Å². The summed E-state index contributed by atoms with van der Waals surface area (Å²) in [5.74, 6) is 8.71. The van der Waals surface area contributed by atoms with Crippen LogP contribution >= 0.6 is 0 Å². The average Bonchev–Trinajstić information content (AvgIpc) is 2.97. The minimum Gasteiger partial charge on any atom is -0.452 e. The van der Waals surface area contributed by atoms with Gasteiger partial charge in [-0.25, -0.2) is 0 Å². The van der Waals surface area contributed by atoms with Crippen molar-refractivity contribution in [3.63, 3.8) is 0 Å². The third-order valence-electron chi connectivity index (χ3n) is 9.69. The van der Waals surface area contributed by atoms with Crippen LogP contribution in [0.15, 0.2) is 0 Å². The first kappa shape index (κ1) is 21.9. The molecule has 2 unspecified atom stereocenters. The molecule has 0 heterocycles. The van der Waals surface area contributed by atoms with Gasteiger partial charge in [-0.15, -0.1) is 0 Å². The van der Waals surface area contributed by atoms with Crippen LogP contribution in [-0.2, 0) is 14.3 Å². The molecule has 0 radical (unpaired) electrons. The van der Waals surface area contributed by atoms with Crippen molar-refractivity contribution in [2.45, 2.75) is 97.0 Å². The first-order valence-electron chi connectivity index (χ1n) is 12.1. The highest BCUT2D eigenvalue weighted by Crippen LogP contribution is 2.67. The van der Waals surface area contributed by atoms with Crippen LogP contribution in [0, 0.1) is 46.3 Å². The zero-order valence-corrected chi connectivity index (χ0v) is 19.0. The maximum absolute atomic E-state index is 12.1. The topological polar surface area (TPSA) is 63.6 Å². The van der Waals surface area contributed by atoms with Gasteiger partial charge in [0.1, 0.15) is 11.4 Å². The Morgan fingerprint density at radius 1 is 1.13 bits per heavy atom. The molecule has 0 amide bonds. The van der Waals surface area contributed by atoms with E-state index in [0.29, 0.717) is 42.3 Å². The number of carbonyl (C=O) groups is 2. The quantitative estimate of drug-likeness (QED) is 0.538. The summed E-state index contributed by atoms with van der Waals surface area (Å²) in [6, 6.07) is 0. The van der Waals surface area contributed by atoms with Crippen LogP contribution < -0.4 is 0 Å². The molecule has 30 heavy (non-hydrogen) atoms. The summed E-state index contributed by atoms with van der Waals surface area (Å²) < 4.78 is 5.17. The molecule has 4 heteroatoms. The highest BCUT2D eigenvalue weighted by atomic mass is 16.5. The maximum Gasteiger partial charge on any atom is 0.306 e. The van der Waals surface area contributed by atoms with Crippen molar-refractivity contribution < 1.29 is 19.4 Å². The monoisotopic (exact) mass is 414 g/mol. The Morgan fingerprint density at radius 2 is 1.90 bits per heavy atom. The van der Waals surface area contributed by atoms with Crippen LogP contribution in [0.2, 0.25) is 0 Å². The maximum atomic E-state index is 12.1. The Labute approximate surface area is 181 Å². The van der Waals surface area contributed by atoms with Crippen LogP contribution in [0.25, 0.3) is 0 Å². The molecule has 0 saturated heterocycles. The number of rotatable bonds is 3. The van der Waals surface area contributed by atoms with Gasteiger partial charge in [-0.3, -0.25) is 9.59 Å². The third kappa shape index (κ3) is 3.42. The molecule has 4 rings (SSSR count). The Bertz CT molecular complexity index is 763. The van der Waals surface area contributed by atoms with E-state index in [1.54, 1.807) is 0 Å². The fourth-order valence-electron chi connectivity index (χ4n) is 7.84. The van der Waals surface area contributed by atoms with E-state index in [1.807, 2.05) is 6.92 Å². The van der Waals surface area contributed by atoms with E-state index < -0.39 is 5.60 Å². The van der Waals surface area contributed by atoms with Gasteiger partial charge in [-0.1, -0.05) is 32.6 Å². The highest BCUT2D eigenvalue weighted by molar-refractivity contribution is 5.79. The van der Waals surface area contributed by atoms with Crippen LogP contribution in [-0.4, -0.2) is 29.1 Å². The zero-order valence-electron chi connectivity index (χ0n) is 19.0. The van der Waals surface area contributed by atoms with Gasteiger partial charge >= 0.3 is 5.97 Å². The van der Waals surface area contributed by atoms with Gasteiger partial charge in [0, 0.05) is 24.7 Å². The summed E-state index contributed by atoms with van der Waals surface area (Å²) in [5, 5.41) is 11.6. The van der Waals surface area contributed by atoms with Crippen molar-refractivity contribution in [1.29, 1.82) is 0 Å². The molecular weight excluding hydrogens is 376 g/mol. The number of Topliss-reactive ketones (excluding diaryl/α,β-unsaturated/α-hetero) is 1. The number of hydrogen-bond donors (Lipinski definition) is 1. The minimum atomic E-state index is -0.986. The molecule has 0 aromatic heterocycles. The molecule has 166 valence electrons. The molecular formula is C26H38O4. The lowest BCUT2D eigenvalue weighted by molar-refractivity contribution is -0.147. The third-order valence-corrected chi connectivity index (χ3v) is 9.69. The fourth-order valence-corrected chi connectivity index (χ4v) is 7.84. The molecule has 7 atom stereocenters. The normalized spacial score (nSPS) is 44.9. The van der Waals surface area contributed by atoms with Crippen LogP contribution in [0.4, 0.5) is 0 Å². The highest BCUT2D eigenvalue weighted by Gasteiger charge is 2.64. The first-order valence-corrected chi connectivity index (χ1v) is 12.1. The van der Waals surface area contributed by atoms with Crippen LogP contribution in [0.3, 0.4) is 0 Å². The number of carbonyl (C=O) groups excluding carboxylic acids is 2. The number of esters is 1. The second-order valence-electron chi connectivity index (χ2n) is 11.0. The van der Waals surface area contributed by atoms with E-state index in [-0.39, 0.29) is 23.4 Å². The van der Waals surface area contributed by atoms with Gasteiger partial charge in [-0.2, -0.15) is 0 Å². The molecule has 0 spiro atoms. The molecule has 4 fully saturated rings. The number of fused-ring (bicyclic) bond motifs is 5. The first-order chi connectivity index (χ1) is 14.2. The Balaban J connectivity index is 1.49. The fraction of sp³-hybridized carbons (Fsp3) is 0.846. The second-order valence-corrected chi connectivity index (χ2v) is 11.0. The van der Waals surface area contributed by atoms with Crippen LogP contribution in [0.1, 0.15) is 91.4 Å². The summed E-state index contributed by atoms with van der Waals surface area (Å²) in [4.78, 5) is 23.6. The molecule has 0 aromatic rings. The molecule has 4 nitrogen and oxygen atoms in total. The Hall–Kier alpha value is -1.34. The van der Waals surface area contributed by atoms with Gasteiger partial charge in [-0.05, 0) is 80.5 Å². The van der Waals surface area contributed by atoms with Crippen molar-refractivity contribution in [3.8, 4) is 11.8 Å². The smallest absolute Gasteiger partial charge is 0.306 e. The van der Waals surface area contributed by atoms with E-state index >= 15 is 0 Å². The molecule has 4 aliphatic rings. The minimum absolute atomic E-state index is 0.0712. The number of ketones is 1. The largest absolute Gasteiger partial charge is 0.452 e. The van der Waals surface area contributed by atoms with E-state index in [4.69, 9.17) is 4.74 Å². The summed E-state index contributed by atoms with van der Waals surface area (Å²) in [5.41, 5.74) is -0.889. The summed E-state index contributed by atoms with van der Waals surface area (Å²) in [6.07, 6.45) is 10.00. The van der Waals surface area contributed by atoms with Gasteiger partial charge < -0.3 is 9.84 Å². The molecule has 4 saturated carbocycles. The molecule has 4 aliphatic carbocycles. The standard InChI is InChI=1S/C26H38O4/c1-4-6-23(28)30-16-5-12-26(29)15-11-22-20-8-7-18-17-19(27)9-13-24(18,2)21(20)10-14-25(22,26)3/h18,20-22,29H,4,6-11,13-17H2,1-3H3/t18?,20-,21-,22+,24+,25+,26?/m1/s1. The summed E-state index contributed by atoms with van der Waals surface area (Å²) >= 11 is 0. The molecule has 0 aliphatic heterocycles. The van der Waals surface area contributed by atoms with Gasteiger partial charge in [0.05, 0.1) is 0 Å². The Morgan fingerprint density at radius 3 is 2.67 bits per heavy atom. The lowest BCUT2D eigenvalue weighted by Gasteiger charge is -2.60. The Kier molecular flexibility index (Phi) is 5.81. The lowest BCUT2D eigenvalue weighted by atomic mass is 9.44. The number of ether oxygens (including phenoxy) is 1. The van der Waals surface area contributed by atoms with Crippen LogP contribution in [0.5, 0.6) is 0 Å². The van der Waals surface area contributed by atoms with E-state index in [9.17, 15) is 14.7 Å². The van der Waals surface area contributed by atoms with E-state index in [1.165, 1.54) is 6.42 Å². The van der Waals surface area contributed by atoms with Crippen molar-refractivity contribution in [2.75, 3.05) is 6.61 Å². The molecule has 1 N–H and O–H groups in total. The van der Waals surface area contributed by atoms with Gasteiger partial charge in [0.2, 0.25) is 0 Å². The van der Waals surface area contributed by atoms with E-state index in [2.05, 4.69) is 25.7 Å². The summed E-state index contributed by atoms with van der Waals surface area (Å²) in [6.45, 7) is 6.72. The van der Waals surface area contributed by atoms with Gasteiger partial charge in [0.15, 0.2) is 6.61 Å². The number of aliphatic hydroxyl groups is 1. The van der Waals surface area contributed by atoms with Crippen molar-refractivity contribution >= 4 is 11.8 Å². The van der Waals surface area contributed by atoms with E-state index in [0.717, 1.165) is 51.4 Å². The SMILES string of the molecule is CCCC(=O)OCC#CC1(O)CC[C@H]2[C@@H]3CCC4CC(=O)CC[C@]4(C)[C@@H]3CC[C@@]21C. The van der Waals surface area contributed by atoms with Crippen molar-refractivity contribution in [1.82, 2.24) is 0 Å². The molecule has 0 aromatic carbocycles. The lowest BCUT2D eigenvalue weighted by Crippen LogP contribution is -2.56. The second kappa shape index (κ2) is 7.97. The molecule has 0 bridgehead atoms. The zero-order chi connectivity index (χ0) is 21.6. The summed E-state index contributed by atoms with van der Waals surface area (Å²) in [7, 11) is 0. The van der Waals surface area contributed by atoms with Crippen molar-refractivity contribution in [3.05, 3.63) is 0 Å². The predicted molar refractivity (Wildman–Crippen MR) is 115 cm³/mol. The predicted octanol–water partition coefficient (Wildman–Crippen LogP) is 4.68.